The van der Waals surface area contributed by atoms with Crippen molar-refractivity contribution in [3.63, 3.8) is 0 Å². The van der Waals surface area contributed by atoms with Crippen molar-refractivity contribution >= 4 is 23.4 Å². The summed E-state index contributed by atoms with van der Waals surface area (Å²) in [4.78, 5) is 36.5. The molecular weight excluding hydrogens is 278 g/mol. The Morgan fingerprint density at radius 3 is 2.57 bits per heavy atom. The van der Waals surface area contributed by atoms with E-state index in [1.54, 1.807) is 0 Å². The number of carbonyl (C=O) groups excluding carboxylic acids is 1. The molecule has 2 N–H and O–H groups in total. The number of non-ortho nitro benzene ring substituents is 1. The molecule has 0 atom stereocenters. The van der Waals surface area contributed by atoms with Crippen molar-refractivity contribution in [1.82, 2.24) is 4.98 Å². The highest BCUT2D eigenvalue weighted by Crippen LogP contribution is 2.14. The molecule has 0 bridgehead atoms. The molecular formula is C13H9N3O5. The van der Waals surface area contributed by atoms with E-state index in [4.69, 9.17) is 5.11 Å². The molecule has 8 heteroatoms. The highest BCUT2D eigenvalue weighted by molar-refractivity contribution is 6.04. The minimum absolute atomic E-state index is 0.0476. The number of benzene rings is 1. The number of pyridine rings is 1. The fraction of sp³-hybridized carbons (Fsp3) is 0. The number of nitrogens with zero attached hydrogens (tertiary/aromatic N) is 2. The van der Waals surface area contributed by atoms with Gasteiger partial charge in [0, 0.05) is 17.7 Å². The molecule has 1 aromatic carbocycles. The number of nitro benzene ring substituents is 1. The third-order valence-corrected chi connectivity index (χ3v) is 2.53. The molecule has 21 heavy (non-hydrogen) atoms. The van der Waals surface area contributed by atoms with Gasteiger partial charge in [-0.05, 0) is 18.2 Å². The van der Waals surface area contributed by atoms with Crippen LogP contribution in [-0.4, -0.2) is 26.9 Å². The third kappa shape index (κ3) is 3.38. The Balaban J connectivity index is 2.22. The normalized spacial score (nSPS) is 9.90. The standard InChI is InChI=1S/C13H9N3O5/c17-12(8-3-1-4-9(7-8)16(20)21)15-11-6-2-5-10(14-11)13(18)19/h1-7H,(H,18,19)(H,14,15,17). The van der Waals surface area contributed by atoms with Gasteiger partial charge in [0.1, 0.15) is 5.82 Å². The zero-order chi connectivity index (χ0) is 15.4. The van der Waals surface area contributed by atoms with Crippen molar-refractivity contribution in [2.45, 2.75) is 0 Å². The van der Waals surface area contributed by atoms with Gasteiger partial charge in [-0.25, -0.2) is 9.78 Å². The summed E-state index contributed by atoms with van der Waals surface area (Å²) in [6, 6.07) is 9.31. The van der Waals surface area contributed by atoms with Crippen LogP contribution in [0.4, 0.5) is 11.5 Å². The first-order valence-electron chi connectivity index (χ1n) is 5.73. The lowest BCUT2D eigenvalue weighted by atomic mass is 10.2. The number of carboxylic acids is 1. The number of rotatable bonds is 4. The molecule has 0 saturated heterocycles. The largest absolute Gasteiger partial charge is 0.477 e. The monoisotopic (exact) mass is 287 g/mol. The minimum Gasteiger partial charge on any atom is -0.477 e. The number of aromatic nitrogens is 1. The van der Waals surface area contributed by atoms with Gasteiger partial charge in [-0.3, -0.25) is 14.9 Å². The van der Waals surface area contributed by atoms with E-state index in [1.807, 2.05) is 0 Å². The number of carbonyl (C=O) groups is 2. The van der Waals surface area contributed by atoms with Crippen molar-refractivity contribution < 1.29 is 19.6 Å². The van der Waals surface area contributed by atoms with Gasteiger partial charge < -0.3 is 10.4 Å². The number of nitrogens with one attached hydrogen (secondary N) is 1. The Hall–Kier alpha value is -3.29. The maximum Gasteiger partial charge on any atom is 0.354 e. The summed E-state index contributed by atoms with van der Waals surface area (Å²) < 4.78 is 0. The topological polar surface area (TPSA) is 122 Å². The molecule has 1 aromatic heterocycles. The van der Waals surface area contributed by atoms with Crippen LogP contribution in [0.2, 0.25) is 0 Å². The Labute approximate surface area is 118 Å². The number of carboxylic acid groups (broad SMARTS) is 1. The van der Waals surface area contributed by atoms with Gasteiger partial charge in [0.15, 0.2) is 5.69 Å². The van der Waals surface area contributed by atoms with E-state index in [1.165, 1.54) is 36.4 Å². The molecule has 1 amide bonds. The van der Waals surface area contributed by atoms with Crippen LogP contribution in [0, 0.1) is 10.1 Å². The highest BCUT2D eigenvalue weighted by atomic mass is 16.6. The van der Waals surface area contributed by atoms with Gasteiger partial charge in [0.2, 0.25) is 0 Å². The van der Waals surface area contributed by atoms with Crippen LogP contribution in [0.1, 0.15) is 20.8 Å². The van der Waals surface area contributed by atoms with E-state index in [9.17, 15) is 19.7 Å². The second-order valence-corrected chi connectivity index (χ2v) is 3.97. The zero-order valence-electron chi connectivity index (χ0n) is 10.5. The fourth-order valence-electron chi connectivity index (χ4n) is 1.57. The van der Waals surface area contributed by atoms with Crippen LogP contribution in [0.25, 0.3) is 0 Å². The Bertz CT molecular complexity index is 729. The van der Waals surface area contributed by atoms with Crippen LogP contribution >= 0.6 is 0 Å². The van der Waals surface area contributed by atoms with Gasteiger partial charge in [-0.2, -0.15) is 0 Å². The summed E-state index contributed by atoms with van der Waals surface area (Å²) in [5.74, 6) is -1.79. The number of hydrogen-bond acceptors (Lipinski definition) is 5. The minimum atomic E-state index is -1.22. The van der Waals surface area contributed by atoms with E-state index in [0.717, 1.165) is 6.07 Å². The van der Waals surface area contributed by atoms with E-state index in [2.05, 4.69) is 10.3 Å². The lowest BCUT2D eigenvalue weighted by Gasteiger charge is -2.05. The first-order valence-corrected chi connectivity index (χ1v) is 5.73. The summed E-state index contributed by atoms with van der Waals surface area (Å²) in [5, 5.41) is 21.8. The maximum atomic E-state index is 11.9. The van der Waals surface area contributed by atoms with Gasteiger partial charge in [-0.1, -0.05) is 12.1 Å². The first kappa shape index (κ1) is 14.1. The van der Waals surface area contributed by atoms with Crippen molar-refractivity contribution in [3.8, 4) is 0 Å². The molecule has 0 radical (unpaired) electrons. The van der Waals surface area contributed by atoms with Gasteiger partial charge in [0.25, 0.3) is 11.6 Å². The molecule has 0 saturated carbocycles. The van der Waals surface area contributed by atoms with E-state index in [0.29, 0.717) is 0 Å². The molecule has 0 spiro atoms. The number of aromatic carboxylic acids is 1. The second-order valence-electron chi connectivity index (χ2n) is 3.97. The molecule has 2 rings (SSSR count). The summed E-state index contributed by atoms with van der Waals surface area (Å²) in [6.07, 6.45) is 0. The number of nitro groups is 1. The Morgan fingerprint density at radius 1 is 1.19 bits per heavy atom. The summed E-state index contributed by atoms with van der Waals surface area (Å²) in [5.41, 5.74) is -0.353. The van der Waals surface area contributed by atoms with Gasteiger partial charge in [0.05, 0.1) is 4.92 Å². The average Bonchev–Trinajstić information content (AvgIpc) is 2.47. The van der Waals surface area contributed by atoms with E-state index in [-0.39, 0.29) is 22.8 Å². The van der Waals surface area contributed by atoms with Crippen molar-refractivity contribution in [2.75, 3.05) is 5.32 Å². The fourth-order valence-corrected chi connectivity index (χ4v) is 1.57. The van der Waals surface area contributed by atoms with Crippen molar-refractivity contribution in [1.29, 1.82) is 0 Å². The SMILES string of the molecule is O=C(Nc1cccc(C(=O)O)n1)c1cccc([N+](=O)[O-])c1. The Kier molecular flexibility index (Phi) is 3.89. The van der Waals surface area contributed by atoms with Gasteiger partial charge >= 0.3 is 5.97 Å². The molecule has 2 aromatic rings. The number of hydrogen-bond donors (Lipinski definition) is 2. The highest BCUT2D eigenvalue weighted by Gasteiger charge is 2.13. The van der Waals surface area contributed by atoms with Crippen LogP contribution in [-0.2, 0) is 0 Å². The molecule has 0 fully saturated rings. The van der Waals surface area contributed by atoms with Crippen LogP contribution in [0.5, 0.6) is 0 Å². The second kappa shape index (κ2) is 5.78. The molecule has 106 valence electrons. The number of anilines is 1. The van der Waals surface area contributed by atoms with Gasteiger partial charge in [-0.15, -0.1) is 0 Å². The summed E-state index contributed by atoms with van der Waals surface area (Å²) in [7, 11) is 0. The number of amides is 1. The lowest BCUT2D eigenvalue weighted by Crippen LogP contribution is -2.14. The predicted octanol–water partition coefficient (Wildman–Crippen LogP) is 1.94. The average molecular weight is 287 g/mol. The first-order chi connectivity index (χ1) is 9.97. The Morgan fingerprint density at radius 2 is 1.90 bits per heavy atom. The lowest BCUT2D eigenvalue weighted by molar-refractivity contribution is -0.384. The van der Waals surface area contributed by atoms with Crippen LogP contribution < -0.4 is 5.32 Å². The third-order valence-electron chi connectivity index (χ3n) is 2.53. The van der Waals surface area contributed by atoms with Crippen molar-refractivity contribution in [3.05, 3.63) is 63.8 Å². The van der Waals surface area contributed by atoms with Crippen LogP contribution in [0.3, 0.4) is 0 Å². The summed E-state index contributed by atoms with van der Waals surface area (Å²) in [6.45, 7) is 0. The molecule has 8 nitrogen and oxygen atoms in total. The van der Waals surface area contributed by atoms with Crippen molar-refractivity contribution in [2.24, 2.45) is 0 Å². The van der Waals surface area contributed by atoms with E-state index < -0.39 is 16.8 Å². The van der Waals surface area contributed by atoms with Crippen LogP contribution in [0.15, 0.2) is 42.5 Å². The predicted molar refractivity (Wildman–Crippen MR) is 72.2 cm³/mol. The smallest absolute Gasteiger partial charge is 0.354 e. The molecule has 0 unspecified atom stereocenters. The molecule has 0 aliphatic heterocycles. The summed E-state index contributed by atoms with van der Waals surface area (Å²) >= 11 is 0. The molecule has 0 aliphatic rings. The molecule has 1 heterocycles. The van der Waals surface area contributed by atoms with E-state index >= 15 is 0 Å². The zero-order valence-corrected chi connectivity index (χ0v) is 10.5. The molecule has 0 aliphatic carbocycles. The maximum absolute atomic E-state index is 11.9. The quantitative estimate of drug-likeness (QED) is 0.654.